The number of benzene rings is 3. The number of nitrogens with zero attached hydrogens (tertiary/aromatic N) is 4. The summed E-state index contributed by atoms with van der Waals surface area (Å²) in [6.45, 7) is 4.08. The zero-order valence-electron chi connectivity index (χ0n) is 21.9. The zero-order valence-corrected chi connectivity index (χ0v) is 22.7. The maximum atomic E-state index is 12.6. The first-order valence-electron chi connectivity index (χ1n) is 11.8. The molecule has 0 aliphatic heterocycles. The number of aryl methyl sites for hydroxylation is 2. The Bertz CT molecular complexity index is 1430. The van der Waals surface area contributed by atoms with Gasteiger partial charge < -0.3 is 14.2 Å². The third-order valence-corrected chi connectivity index (χ3v) is 6.63. The monoisotopic (exact) mass is 531 g/mol. The van der Waals surface area contributed by atoms with Gasteiger partial charge in [-0.1, -0.05) is 59.3 Å². The molecular formula is C28H29N5O4S. The third kappa shape index (κ3) is 6.15. The van der Waals surface area contributed by atoms with Crippen molar-refractivity contribution in [3.63, 3.8) is 0 Å². The van der Waals surface area contributed by atoms with Gasteiger partial charge in [-0.2, -0.15) is 5.10 Å². The first-order chi connectivity index (χ1) is 18.4. The fourth-order valence-corrected chi connectivity index (χ4v) is 4.41. The van der Waals surface area contributed by atoms with E-state index in [-0.39, 0.29) is 11.7 Å². The lowest BCUT2D eigenvalue weighted by atomic mass is 10.1. The van der Waals surface area contributed by atoms with Crippen LogP contribution >= 0.6 is 11.8 Å². The number of aromatic nitrogens is 3. The van der Waals surface area contributed by atoms with Crippen LogP contribution in [0.15, 0.2) is 70.9 Å². The SMILES string of the molecule is COc1cc(OC)c(OC)cc1/C=N\NC(=O)CSc1nnc(-c2ccc(C)cc2)n1-c1ccc(C)cc1. The van der Waals surface area contributed by atoms with Gasteiger partial charge in [0, 0.05) is 22.9 Å². The highest BCUT2D eigenvalue weighted by atomic mass is 32.2. The van der Waals surface area contributed by atoms with E-state index >= 15 is 0 Å². The number of rotatable bonds is 10. The Balaban J connectivity index is 1.50. The lowest BCUT2D eigenvalue weighted by Crippen LogP contribution is -2.20. The van der Waals surface area contributed by atoms with E-state index in [9.17, 15) is 4.79 Å². The van der Waals surface area contributed by atoms with Crippen molar-refractivity contribution < 1.29 is 19.0 Å². The quantitative estimate of drug-likeness (QED) is 0.178. The van der Waals surface area contributed by atoms with Crippen LogP contribution in [0.3, 0.4) is 0 Å². The van der Waals surface area contributed by atoms with Gasteiger partial charge in [-0.25, -0.2) is 5.43 Å². The molecule has 196 valence electrons. The molecule has 0 radical (unpaired) electrons. The predicted octanol–water partition coefficient (Wildman–Crippen LogP) is 4.82. The average Bonchev–Trinajstić information content (AvgIpc) is 3.36. The van der Waals surface area contributed by atoms with E-state index in [0.29, 0.717) is 33.8 Å². The molecule has 0 aliphatic carbocycles. The van der Waals surface area contributed by atoms with Gasteiger partial charge >= 0.3 is 0 Å². The van der Waals surface area contributed by atoms with Crippen molar-refractivity contribution in [1.82, 2.24) is 20.2 Å². The molecule has 3 aromatic carbocycles. The van der Waals surface area contributed by atoms with Gasteiger partial charge in [-0.3, -0.25) is 9.36 Å². The summed E-state index contributed by atoms with van der Waals surface area (Å²) in [5.74, 6) is 2.10. The molecule has 0 unspecified atom stereocenters. The highest BCUT2D eigenvalue weighted by molar-refractivity contribution is 7.99. The third-order valence-electron chi connectivity index (χ3n) is 5.70. The second kappa shape index (κ2) is 12.3. The van der Waals surface area contributed by atoms with E-state index in [1.807, 2.05) is 66.9 Å². The number of hydrogen-bond acceptors (Lipinski definition) is 8. The fraction of sp³-hybridized carbons (Fsp3) is 0.214. The predicted molar refractivity (Wildman–Crippen MR) is 149 cm³/mol. The molecule has 1 heterocycles. The molecule has 9 nitrogen and oxygen atoms in total. The number of hydrazone groups is 1. The molecule has 1 aromatic heterocycles. The molecular weight excluding hydrogens is 502 g/mol. The van der Waals surface area contributed by atoms with Crippen LogP contribution in [0.4, 0.5) is 0 Å². The largest absolute Gasteiger partial charge is 0.496 e. The van der Waals surface area contributed by atoms with Crippen LogP contribution in [-0.4, -0.2) is 54.0 Å². The van der Waals surface area contributed by atoms with Crippen LogP contribution in [0.25, 0.3) is 17.1 Å². The minimum atomic E-state index is -0.291. The van der Waals surface area contributed by atoms with E-state index in [4.69, 9.17) is 14.2 Å². The molecule has 4 aromatic rings. The van der Waals surface area contributed by atoms with Crippen LogP contribution in [-0.2, 0) is 4.79 Å². The smallest absolute Gasteiger partial charge is 0.250 e. The Morgan fingerprint density at radius 1 is 0.895 bits per heavy atom. The van der Waals surface area contributed by atoms with Crippen LogP contribution in [0.2, 0.25) is 0 Å². The molecule has 4 rings (SSSR count). The zero-order chi connectivity index (χ0) is 27.1. The van der Waals surface area contributed by atoms with Crippen molar-refractivity contribution in [1.29, 1.82) is 0 Å². The molecule has 0 saturated carbocycles. The van der Waals surface area contributed by atoms with Gasteiger partial charge in [-0.15, -0.1) is 10.2 Å². The molecule has 0 saturated heterocycles. The van der Waals surface area contributed by atoms with E-state index in [1.54, 1.807) is 33.5 Å². The number of hydrogen-bond donors (Lipinski definition) is 1. The lowest BCUT2D eigenvalue weighted by Gasteiger charge is -2.12. The Labute approximate surface area is 225 Å². The van der Waals surface area contributed by atoms with Crippen molar-refractivity contribution in [2.24, 2.45) is 5.10 Å². The molecule has 0 bridgehead atoms. The number of ether oxygens (including phenoxy) is 3. The van der Waals surface area contributed by atoms with Crippen molar-refractivity contribution in [3.8, 4) is 34.3 Å². The highest BCUT2D eigenvalue weighted by Gasteiger charge is 2.17. The number of thioether (sulfide) groups is 1. The second-order valence-corrected chi connectivity index (χ2v) is 9.32. The van der Waals surface area contributed by atoms with Crippen LogP contribution in [0.5, 0.6) is 17.2 Å². The van der Waals surface area contributed by atoms with E-state index in [0.717, 1.165) is 22.4 Å². The van der Waals surface area contributed by atoms with Gasteiger partial charge in [0.2, 0.25) is 0 Å². The summed E-state index contributed by atoms with van der Waals surface area (Å²) < 4.78 is 18.0. The summed E-state index contributed by atoms with van der Waals surface area (Å²) in [7, 11) is 4.64. The summed E-state index contributed by atoms with van der Waals surface area (Å²) in [6.07, 6.45) is 1.49. The maximum absolute atomic E-state index is 12.6. The Hall–Kier alpha value is -4.31. The molecule has 0 spiro atoms. The topological polar surface area (TPSA) is 99.9 Å². The van der Waals surface area contributed by atoms with Crippen LogP contribution in [0.1, 0.15) is 16.7 Å². The fourth-order valence-electron chi connectivity index (χ4n) is 3.67. The second-order valence-electron chi connectivity index (χ2n) is 8.37. The molecule has 0 aliphatic rings. The minimum absolute atomic E-state index is 0.0955. The Kier molecular flexibility index (Phi) is 8.65. The van der Waals surface area contributed by atoms with Gasteiger partial charge in [0.15, 0.2) is 22.5 Å². The summed E-state index contributed by atoms with van der Waals surface area (Å²) in [4.78, 5) is 12.6. The van der Waals surface area contributed by atoms with Crippen LogP contribution in [0, 0.1) is 13.8 Å². The average molecular weight is 532 g/mol. The van der Waals surface area contributed by atoms with E-state index in [2.05, 4.69) is 20.7 Å². The lowest BCUT2D eigenvalue weighted by molar-refractivity contribution is -0.118. The summed E-state index contributed by atoms with van der Waals surface area (Å²) in [5.41, 5.74) is 7.34. The van der Waals surface area contributed by atoms with Gasteiger partial charge in [0.1, 0.15) is 5.75 Å². The molecule has 10 heteroatoms. The molecule has 0 fully saturated rings. The van der Waals surface area contributed by atoms with Crippen LogP contribution < -0.4 is 19.6 Å². The molecule has 0 atom stereocenters. The van der Waals surface area contributed by atoms with Gasteiger partial charge in [0.25, 0.3) is 5.91 Å². The Morgan fingerprint density at radius 3 is 2.13 bits per heavy atom. The number of nitrogens with one attached hydrogen (secondary N) is 1. The minimum Gasteiger partial charge on any atom is -0.496 e. The van der Waals surface area contributed by atoms with Crippen molar-refractivity contribution in [2.75, 3.05) is 27.1 Å². The normalized spacial score (nSPS) is 11.0. The number of methoxy groups -OCH3 is 3. The van der Waals surface area contributed by atoms with Crippen molar-refractivity contribution in [2.45, 2.75) is 19.0 Å². The van der Waals surface area contributed by atoms with Gasteiger partial charge in [0.05, 0.1) is 33.3 Å². The number of amides is 1. The summed E-state index contributed by atoms with van der Waals surface area (Å²) in [6, 6.07) is 19.6. The van der Waals surface area contributed by atoms with E-state index in [1.165, 1.54) is 18.0 Å². The molecule has 38 heavy (non-hydrogen) atoms. The van der Waals surface area contributed by atoms with Gasteiger partial charge in [-0.05, 0) is 32.0 Å². The molecule has 1 N–H and O–H groups in total. The maximum Gasteiger partial charge on any atom is 0.250 e. The summed E-state index contributed by atoms with van der Waals surface area (Å²) >= 11 is 1.28. The standard InChI is InChI=1S/C28H29N5O4S/c1-18-6-10-20(11-7-18)27-31-32-28(33(27)22-12-8-19(2)9-13-22)38-17-26(34)30-29-16-21-14-24(36-4)25(37-5)15-23(21)35-3/h6-16H,17H2,1-5H3,(H,30,34)/b29-16-. The highest BCUT2D eigenvalue weighted by Crippen LogP contribution is 2.34. The Morgan fingerprint density at radius 2 is 1.50 bits per heavy atom. The van der Waals surface area contributed by atoms with E-state index < -0.39 is 0 Å². The summed E-state index contributed by atoms with van der Waals surface area (Å²) in [5, 5.41) is 13.5. The number of carbonyl (C=O) groups is 1. The van der Waals surface area contributed by atoms with Crippen molar-refractivity contribution >= 4 is 23.9 Å². The molecule has 1 amide bonds. The first-order valence-corrected chi connectivity index (χ1v) is 12.8. The van der Waals surface area contributed by atoms with Crippen molar-refractivity contribution in [3.05, 3.63) is 77.4 Å². The number of carbonyl (C=O) groups excluding carboxylic acids is 1. The first kappa shape index (κ1) is 26.7.